The first-order valence-corrected chi connectivity index (χ1v) is 8.85. The number of anilines is 1. The van der Waals surface area contributed by atoms with Gasteiger partial charge in [0.05, 0.1) is 5.69 Å². The van der Waals surface area contributed by atoms with Gasteiger partial charge in [0.2, 0.25) is 5.91 Å². The maximum Gasteiger partial charge on any atom is 0.224 e. The average Bonchev–Trinajstić information content (AvgIpc) is 3.31. The molecule has 1 aliphatic carbocycles. The van der Waals surface area contributed by atoms with Crippen LogP contribution in [0.15, 0.2) is 42.7 Å². The molecule has 1 saturated carbocycles. The predicted octanol–water partition coefficient (Wildman–Crippen LogP) is 3.70. The third-order valence-electron chi connectivity index (χ3n) is 4.88. The van der Waals surface area contributed by atoms with Gasteiger partial charge in [0.25, 0.3) is 0 Å². The second-order valence-electron chi connectivity index (χ2n) is 6.67. The Morgan fingerprint density at radius 1 is 1.12 bits per heavy atom. The molecule has 4 rings (SSSR count). The number of nitrogens with zero attached hydrogens (tertiary/aromatic N) is 4. The van der Waals surface area contributed by atoms with E-state index in [-0.39, 0.29) is 5.91 Å². The summed E-state index contributed by atoms with van der Waals surface area (Å²) in [6.07, 6.45) is 8.41. The molecule has 0 radical (unpaired) electrons. The molecule has 25 heavy (non-hydrogen) atoms. The van der Waals surface area contributed by atoms with Crippen molar-refractivity contribution in [3.05, 3.63) is 42.7 Å². The Morgan fingerprint density at radius 3 is 2.72 bits per heavy atom. The second kappa shape index (κ2) is 7.01. The Kier molecular flexibility index (Phi) is 4.41. The maximum absolute atomic E-state index is 12.1. The van der Waals surface area contributed by atoms with Crippen LogP contribution < -0.4 is 5.32 Å². The first-order chi connectivity index (χ1) is 12.3. The highest BCUT2D eigenvalue weighted by atomic mass is 16.1. The summed E-state index contributed by atoms with van der Waals surface area (Å²) in [7, 11) is 0. The van der Waals surface area contributed by atoms with Crippen LogP contribution in [-0.4, -0.2) is 25.7 Å². The van der Waals surface area contributed by atoms with Crippen molar-refractivity contribution < 1.29 is 4.79 Å². The van der Waals surface area contributed by atoms with E-state index >= 15 is 0 Å². The molecule has 128 valence electrons. The van der Waals surface area contributed by atoms with E-state index in [1.165, 1.54) is 25.7 Å². The molecule has 0 spiro atoms. The standard InChI is InChI=1S/C19H21N5O/c25-19(12-5-14-3-1-2-4-14)21-16-8-6-15(7-9-16)17-10-11-18-22-20-13-24(18)23-17/h6-11,13-14H,1-5,12H2,(H,21,25). The molecule has 6 heteroatoms. The molecular weight excluding hydrogens is 314 g/mol. The highest BCUT2D eigenvalue weighted by molar-refractivity contribution is 5.90. The molecule has 0 bridgehead atoms. The van der Waals surface area contributed by atoms with E-state index in [9.17, 15) is 4.79 Å². The summed E-state index contributed by atoms with van der Waals surface area (Å²) in [5.41, 5.74) is 3.37. The van der Waals surface area contributed by atoms with Gasteiger partial charge in [0.15, 0.2) is 5.65 Å². The molecule has 1 amide bonds. The zero-order chi connectivity index (χ0) is 17.1. The Bertz CT molecular complexity index is 865. The summed E-state index contributed by atoms with van der Waals surface area (Å²) in [4.78, 5) is 12.1. The lowest BCUT2D eigenvalue weighted by molar-refractivity contribution is -0.116. The van der Waals surface area contributed by atoms with E-state index < -0.39 is 0 Å². The van der Waals surface area contributed by atoms with E-state index in [1.54, 1.807) is 10.8 Å². The van der Waals surface area contributed by atoms with E-state index in [1.807, 2.05) is 36.4 Å². The molecule has 1 aromatic carbocycles. The molecule has 0 aliphatic heterocycles. The summed E-state index contributed by atoms with van der Waals surface area (Å²) in [6, 6.07) is 11.6. The van der Waals surface area contributed by atoms with Crippen molar-refractivity contribution >= 4 is 17.2 Å². The average molecular weight is 335 g/mol. The minimum atomic E-state index is 0.101. The largest absolute Gasteiger partial charge is 0.326 e. The monoisotopic (exact) mass is 335 g/mol. The van der Waals surface area contributed by atoms with Crippen LogP contribution in [0.1, 0.15) is 38.5 Å². The lowest BCUT2D eigenvalue weighted by atomic mass is 10.0. The molecule has 0 saturated heterocycles. The number of rotatable bonds is 5. The first-order valence-electron chi connectivity index (χ1n) is 8.85. The number of hydrogen-bond donors (Lipinski definition) is 1. The summed E-state index contributed by atoms with van der Waals surface area (Å²) >= 11 is 0. The predicted molar refractivity (Wildman–Crippen MR) is 96.0 cm³/mol. The van der Waals surface area contributed by atoms with Crippen molar-refractivity contribution in [1.29, 1.82) is 0 Å². The number of nitrogens with one attached hydrogen (secondary N) is 1. The summed E-state index contributed by atoms with van der Waals surface area (Å²) in [5.74, 6) is 0.843. The van der Waals surface area contributed by atoms with Crippen molar-refractivity contribution in [3.8, 4) is 11.3 Å². The van der Waals surface area contributed by atoms with Crippen molar-refractivity contribution in [1.82, 2.24) is 19.8 Å². The van der Waals surface area contributed by atoms with Gasteiger partial charge in [-0.25, -0.2) is 0 Å². The minimum Gasteiger partial charge on any atom is -0.326 e. The fourth-order valence-corrected chi connectivity index (χ4v) is 3.46. The maximum atomic E-state index is 12.1. The van der Waals surface area contributed by atoms with Crippen molar-refractivity contribution in [2.45, 2.75) is 38.5 Å². The number of fused-ring (bicyclic) bond motifs is 1. The number of hydrogen-bond acceptors (Lipinski definition) is 4. The Morgan fingerprint density at radius 2 is 1.92 bits per heavy atom. The zero-order valence-electron chi connectivity index (χ0n) is 14.1. The molecule has 1 fully saturated rings. The van der Waals surface area contributed by atoms with Gasteiger partial charge < -0.3 is 5.32 Å². The number of carbonyl (C=O) groups excluding carboxylic acids is 1. The van der Waals surface area contributed by atoms with Crippen molar-refractivity contribution in [2.75, 3.05) is 5.32 Å². The van der Waals surface area contributed by atoms with Crippen molar-refractivity contribution in [2.24, 2.45) is 5.92 Å². The smallest absolute Gasteiger partial charge is 0.224 e. The molecule has 3 aromatic rings. The van der Waals surface area contributed by atoms with Crippen LogP contribution in [-0.2, 0) is 4.79 Å². The molecule has 6 nitrogen and oxygen atoms in total. The van der Waals surface area contributed by atoms with Gasteiger partial charge in [-0.1, -0.05) is 37.8 Å². The third-order valence-corrected chi connectivity index (χ3v) is 4.88. The van der Waals surface area contributed by atoms with Gasteiger partial charge in [-0.3, -0.25) is 4.79 Å². The molecule has 1 aliphatic rings. The lowest BCUT2D eigenvalue weighted by Crippen LogP contribution is -2.12. The minimum absolute atomic E-state index is 0.101. The van der Waals surface area contributed by atoms with Crippen LogP contribution in [0.4, 0.5) is 5.69 Å². The highest BCUT2D eigenvalue weighted by Gasteiger charge is 2.16. The van der Waals surface area contributed by atoms with Gasteiger partial charge in [-0.05, 0) is 36.6 Å². The highest BCUT2D eigenvalue weighted by Crippen LogP contribution is 2.28. The second-order valence-corrected chi connectivity index (χ2v) is 6.67. The summed E-state index contributed by atoms with van der Waals surface area (Å²) < 4.78 is 1.65. The number of benzene rings is 1. The van der Waals surface area contributed by atoms with Gasteiger partial charge in [-0.2, -0.15) is 9.61 Å². The molecular formula is C19H21N5O. The fourth-order valence-electron chi connectivity index (χ4n) is 3.46. The Balaban J connectivity index is 1.38. The first kappa shape index (κ1) is 15.7. The Hall–Kier alpha value is -2.76. The van der Waals surface area contributed by atoms with Crippen LogP contribution in [0.25, 0.3) is 16.9 Å². The van der Waals surface area contributed by atoms with Crippen LogP contribution in [0.2, 0.25) is 0 Å². The summed E-state index contributed by atoms with van der Waals surface area (Å²) in [5, 5.41) is 15.2. The Labute approximate surface area is 146 Å². The lowest BCUT2D eigenvalue weighted by Gasteiger charge is -2.09. The van der Waals surface area contributed by atoms with Gasteiger partial charge in [0.1, 0.15) is 6.33 Å². The third kappa shape index (κ3) is 3.68. The van der Waals surface area contributed by atoms with Gasteiger partial charge >= 0.3 is 0 Å². The zero-order valence-corrected chi connectivity index (χ0v) is 14.1. The molecule has 2 heterocycles. The van der Waals surface area contributed by atoms with Gasteiger partial charge in [0, 0.05) is 17.7 Å². The summed E-state index contributed by atoms with van der Waals surface area (Å²) in [6.45, 7) is 0. The van der Waals surface area contributed by atoms with Crippen LogP contribution in [0.3, 0.4) is 0 Å². The van der Waals surface area contributed by atoms with E-state index in [2.05, 4.69) is 20.6 Å². The van der Waals surface area contributed by atoms with E-state index in [0.29, 0.717) is 6.42 Å². The number of aromatic nitrogens is 4. The number of carbonyl (C=O) groups is 1. The van der Waals surface area contributed by atoms with Crippen LogP contribution in [0.5, 0.6) is 0 Å². The normalized spacial score (nSPS) is 14.9. The fraction of sp³-hybridized carbons (Fsp3) is 0.368. The van der Waals surface area contributed by atoms with Crippen LogP contribution >= 0.6 is 0 Å². The molecule has 2 aromatic heterocycles. The molecule has 1 N–H and O–H groups in total. The topological polar surface area (TPSA) is 72.2 Å². The van der Waals surface area contributed by atoms with Crippen molar-refractivity contribution in [3.63, 3.8) is 0 Å². The van der Waals surface area contributed by atoms with E-state index in [0.717, 1.165) is 34.9 Å². The van der Waals surface area contributed by atoms with Crippen LogP contribution in [0, 0.1) is 5.92 Å². The van der Waals surface area contributed by atoms with E-state index in [4.69, 9.17) is 0 Å². The van der Waals surface area contributed by atoms with Gasteiger partial charge in [-0.15, -0.1) is 10.2 Å². The SMILES string of the molecule is O=C(CCC1CCCC1)Nc1ccc(-c2ccc3nncn3n2)cc1. The molecule has 0 atom stereocenters. The molecule has 0 unspecified atom stereocenters. The number of amides is 1. The quantitative estimate of drug-likeness (QED) is 0.771.